The normalized spacial score (nSPS) is 15.4. The molecule has 0 amide bonds. The fourth-order valence-electron chi connectivity index (χ4n) is 1.07. The molecule has 0 aliphatic heterocycles. The van der Waals surface area contributed by atoms with E-state index in [4.69, 9.17) is 5.53 Å². The number of rotatable bonds is 30. The van der Waals surface area contributed by atoms with Crippen LogP contribution in [0.1, 0.15) is 0 Å². The monoisotopic (exact) mass is 886 g/mol. The number of nitrogens with zero attached hydrogens (tertiary/aromatic N) is 61. The first kappa shape index (κ1) is 50.6. The molecule has 318 valence electrons. The van der Waals surface area contributed by atoms with Crippen LogP contribution in [0.4, 0.5) is 0 Å². The predicted octanol–water partition coefficient (Wildman–Crippen LogP) is 10.2. The van der Waals surface area contributed by atoms with E-state index in [1.165, 1.54) is 0 Å². The highest BCUT2D eigenvalue weighted by Gasteiger charge is 1.76. The van der Waals surface area contributed by atoms with Crippen LogP contribution < -0.4 is 5.84 Å². The Morgan fingerprint density at radius 1 is 0.127 bits per heavy atom. The Labute approximate surface area is 330 Å². The number of quaternary nitrogens is 1. The van der Waals surface area contributed by atoms with Crippen LogP contribution in [0, 0.1) is 5.53 Å². The van der Waals surface area contributed by atoms with Gasteiger partial charge in [-0.3, -0.25) is 0 Å². The SMILES string of the molecule is N=N/N=N/N=N/N=N/N=N/N=N/N=N/N=N/N=N/N=N/N=N/N=N/N=N/N=N/N=N/N=N/N=N/N=N/N=N/N=N/N=N/N=N/N=N/N=N/N=N/N=N/N=N/N=N/N=N/N=N/N=N/[NH3+]. The highest BCUT2D eigenvalue weighted by Crippen LogP contribution is 1.94. The highest BCUT2D eigenvalue weighted by molar-refractivity contribution is 4.19. The van der Waals surface area contributed by atoms with E-state index in [-0.39, 0.29) is 0 Å². The van der Waals surface area contributed by atoms with Gasteiger partial charge in [0.1, 0.15) is 0 Å². The van der Waals surface area contributed by atoms with Gasteiger partial charge in [-0.05, 0) is 41.8 Å². The van der Waals surface area contributed by atoms with Crippen LogP contribution in [0.5, 0.6) is 0 Å². The zero-order valence-electron chi connectivity index (χ0n) is 28.5. The second-order valence-corrected chi connectivity index (χ2v) is 5.52. The summed E-state index contributed by atoms with van der Waals surface area (Å²) in [6, 6.07) is 0. The summed E-state index contributed by atoms with van der Waals surface area (Å²) in [5, 5.41) is 182. The lowest BCUT2D eigenvalue weighted by atomic mass is 12.3. The van der Waals surface area contributed by atoms with Crippen molar-refractivity contribution < 1.29 is 5.84 Å². The van der Waals surface area contributed by atoms with Crippen LogP contribution in [0.25, 0.3) is 0 Å². The molecule has 0 heterocycles. The summed E-state index contributed by atoms with van der Waals surface area (Å²) in [6.45, 7) is 0. The number of nitrogens with one attached hydrogen (secondary N) is 1. The van der Waals surface area contributed by atoms with E-state index < -0.39 is 0 Å². The Bertz CT molecular complexity index is 2100. The second kappa shape index (κ2) is 49.6. The van der Waals surface area contributed by atoms with Crippen molar-refractivity contribution in [1.29, 1.82) is 5.53 Å². The number of hydrogen-bond donors (Lipinski definition) is 2. The predicted molar refractivity (Wildman–Crippen MR) is 154 cm³/mol. The fraction of sp³-hybridized carbons (Fsp3) is 0. The van der Waals surface area contributed by atoms with Gasteiger partial charge in [0.05, 0.1) is 0 Å². The van der Waals surface area contributed by atoms with Crippen molar-refractivity contribution in [1.82, 2.24) is 0 Å². The van der Waals surface area contributed by atoms with Crippen molar-refractivity contribution in [3.63, 3.8) is 0 Å². The van der Waals surface area contributed by atoms with Crippen molar-refractivity contribution in [3.05, 3.63) is 0 Å². The van der Waals surface area contributed by atoms with E-state index in [2.05, 4.69) is 324 Å². The Kier molecular flexibility index (Phi) is 39.8. The molecular weight excluding hydrogens is 882 g/mol. The summed E-state index contributed by atoms with van der Waals surface area (Å²) in [7, 11) is 0. The Balaban J connectivity index is 4.08. The number of hydrogen-bond acceptors (Lipinski definition) is 2. The molecule has 0 unspecified atom stereocenters. The quantitative estimate of drug-likeness (QED) is 0.0502. The van der Waals surface area contributed by atoms with Gasteiger partial charge in [-0.2, -0.15) is 5.53 Å². The van der Waals surface area contributed by atoms with Crippen LogP contribution in [-0.4, -0.2) is 0 Å². The maximum atomic E-state index is 6.26. The fourth-order valence-corrected chi connectivity index (χ4v) is 1.07. The van der Waals surface area contributed by atoms with Crippen molar-refractivity contribution in [3.8, 4) is 0 Å². The minimum Gasteiger partial charge on any atom is -0.210 e. The third-order valence-corrected chi connectivity index (χ3v) is 2.43. The lowest BCUT2D eigenvalue weighted by molar-refractivity contribution is -0.384. The van der Waals surface area contributed by atoms with Crippen LogP contribution in [-0.2, 0) is 0 Å². The third-order valence-electron chi connectivity index (χ3n) is 2.43. The summed E-state index contributed by atoms with van der Waals surface area (Å²) in [6.07, 6.45) is 0. The molecule has 0 aromatic rings. The van der Waals surface area contributed by atoms with Crippen LogP contribution in [0.3, 0.4) is 0 Å². The van der Waals surface area contributed by atoms with Crippen LogP contribution in [0.2, 0.25) is 0 Å². The maximum absolute atomic E-state index is 6.26. The molecule has 0 fully saturated rings. The minimum absolute atomic E-state index is 2.50. The summed E-state index contributed by atoms with van der Waals surface area (Å²) in [5.41, 5.74) is 6.26. The van der Waals surface area contributed by atoms with Gasteiger partial charge in [-0.1, -0.05) is 0 Å². The smallest absolute Gasteiger partial charge is 0.0457 e. The molecular formula is H4N63+. The summed E-state index contributed by atoms with van der Waals surface area (Å²) < 4.78 is 0. The van der Waals surface area contributed by atoms with Crippen LogP contribution in [0.15, 0.2) is 319 Å². The molecule has 63 heavy (non-hydrogen) atoms. The average molecular weight is 886 g/mol. The van der Waals surface area contributed by atoms with Crippen molar-refractivity contribution in [2.24, 2.45) is 319 Å². The lowest BCUT2D eigenvalue weighted by Crippen LogP contribution is -2.38. The van der Waals surface area contributed by atoms with E-state index in [1.807, 2.05) is 0 Å². The molecule has 63 nitrogen and oxygen atoms in total. The van der Waals surface area contributed by atoms with E-state index in [0.29, 0.717) is 0 Å². The molecule has 0 rings (SSSR count). The van der Waals surface area contributed by atoms with Gasteiger partial charge >= 0.3 is 0 Å². The van der Waals surface area contributed by atoms with E-state index >= 15 is 0 Å². The molecule has 0 bridgehead atoms. The van der Waals surface area contributed by atoms with Gasteiger partial charge in [0.15, 0.2) is 0 Å². The van der Waals surface area contributed by atoms with Crippen molar-refractivity contribution >= 4 is 0 Å². The van der Waals surface area contributed by atoms with Crippen LogP contribution >= 0.6 is 0 Å². The molecule has 63 heteroatoms. The zero-order chi connectivity index (χ0) is 45.1. The van der Waals surface area contributed by atoms with Crippen molar-refractivity contribution in [2.75, 3.05) is 0 Å². The first-order valence-corrected chi connectivity index (χ1v) is 12.5. The molecule has 0 aromatic carbocycles. The van der Waals surface area contributed by atoms with Gasteiger partial charge in [-0.15, -0.1) is 0 Å². The molecule has 0 atom stereocenters. The third kappa shape index (κ3) is 49.6. The first-order chi connectivity index (χ1) is 31.4. The van der Waals surface area contributed by atoms with Gasteiger partial charge in [0.2, 0.25) is 0 Å². The molecule has 0 saturated carbocycles. The van der Waals surface area contributed by atoms with E-state index in [1.54, 1.807) is 0 Å². The van der Waals surface area contributed by atoms with E-state index in [0.717, 1.165) is 0 Å². The lowest BCUT2D eigenvalue weighted by Gasteiger charge is -1.70. The Hall–Kier alpha value is -12.4. The second-order valence-electron chi connectivity index (χ2n) is 5.52. The average Bonchev–Trinajstić information content (AvgIpc) is 3.29. The summed E-state index contributed by atoms with van der Waals surface area (Å²) in [4.78, 5) is 0. The molecule has 4 N–H and O–H groups in total. The standard InChI is InChI=1S/H3N63/c1-3-5-7-9-11-13-15-17-19-21-23-25-27-29-31-33-35-37-39-41-43-45-47-49-51-53-55-57-59-61-63-62-60-58-56-54-52-50-48-46-44-42-40-38-36-34-32-30-28-26-24-22-20-18-16-14-12-10-8-6-4-2/h(H3,1,2,5,6,9,10,13,14,17,18,21,22,25,26,29,30,33,34,37,38,41,42,45,46,49,50,53,54,57,58,61,62)/p+1. The zero-order valence-corrected chi connectivity index (χ0v) is 28.5. The maximum Gasteiger partial charge on any atom is 0.0457 e. The van der Waals surface area contributed by atoms with Gasteiger partial charge < -0.3 is 0 Å². The molecule has 0 spiro atoms. The van der Waals surface area contributed by atoms with Gasteiger partial charge in [0.25, 0.3) is 0 Å². The minimum atomic E-state index is 2.50. The topological polar surface area (TPSA) is 805 Å². The Morgan fingerprint density at radius 3 is 0.286 bits per heavy atom. The summed E-state index contributed by atoms with van der Waals surface area (Å²) in [5.74, 6) is 3.00. The Morgan fingerprint density at radius 2 is 0.206 bits per heavy atom. The molecule has 0 aliphatic rings. The van der Waals surface area contributed by atoms with Gasteiger partial charge in [-0.25, -0.2) is 5.84 Å². The molecule has 0 radical (unpaired) electrons. The highest BCUT2D eigenvalue weighted by atomic mass is 15.8. The molecule has 0 saturated heterocycles. The summed E-state index contributed by atoms with van der Waals surface area (Å²) >= 11 is 0. The van der Waals surface area contributed by atoms with E-state index in [9.17, 15) is 0 Å². The molecule has 0 aromatic heterocycles. The van der Waals surface area contributed by atoms with Crippen molar-refractivity contribution in [2.45, 2.75) is 0 Å². The largest absolute Gasteiger partial charge is 0.210 e. The molecule has 0 aliphatic carbocycles. The first-order valence-electron chi connectivity index (χ1n) is 12.5. The van der Waals surface area contributed by atoms with Gasteiger partial charge in [0, 0.05) is 277 Å².